The van der Waals surface area contributed by atoms with Crippen molar-refractivity contribution in [3.8, 4) is 0 Å². The summed E-state index contributed by atoms with van der Waals surface area (Å²) >= 11 is 5.86. The van der Waals surface area contributed by atoms with E-state index in [4.69, 9.17) is 16.4 Å². The molecule has 0 saturated carbocycles. The summed E-state index contributed by atoms with van der Waals surface area (Å²) in [7, 11) is 0. The van der Waals surface area contributed by atoms with Gasteiger partial charge in [-0.05, 0) is 23.3 Å². The molecule has 0 bridgehead atoms. The average molecular weight is 373 g/mol. The number of hydrogen-bond donors (Lipinski definition) is 2. The third-order valence-electron chi connectivity index (χ3n) is 4.04. The van der Waals surface area contributed by atoms with Crippen molar-refractivity contribution in [2.75, 3.05) is 0 Å². The lowest BCUT2D eigenvalue weighted by molar-refractivity contribution is -0.143. The highest BCUT2D eigenvalue weighted by Gasteiger charge is 2.31. The fourth-order valence-electron chi connectivity index (χ4n) is 2.65. The summed E-state index contributed by atoms with van der Waals surface area (Å²) in [5, 5.41) is 16.5. The van der Waals surface area contributed by atoms with E-state index < -0.39 is 24.0 Å². The molecule has 134 valence electrons. The number of halogens is 1. The second kappa shape index (κ2) is 8.01. The Morgan fingerprint density at radius 1 is 1.19 bits per heavy atom. The number of nitrogens with one attached hydrogen (secondary N) is 1. The number of carbonyl (C=O) groups excluding carboxylic acids is 1. The van der Waals surface area contributed by atoms with E-state index in [0.29, 0.717) is 10.7 Å². The van der Waals surface area contributed by atoms with E-state index in [1.807, 2.05) is 30.3 Å². The van der Waals surface area contributed by atoms with Crippen LogP contribution in [0.3, 0.4) is 0 Å². The molecule has 1 aliphatic heterocycles. The van der Waals surface area contributed by atoms with Crippen LogP contribution in [-0.4, -0.2) is 34.8 Å². The summed E-state index contributed by atoms with van der Waals surface area (Å²) in [6.07, 6.45) is -0.386. The van der Waals surface area contributed by atoms with Gasteiger partial charge in [-0.15, -0.1) is 0 Å². The molecule has 1 heterocycles. The number of amides is 1. The zero-order valence-electron chi connectivity index (χ0n) is 13.8. The Hall–Kier alpha value is -2.86. The van der Waals surface area contributed by atoms with Crippen molar-refractivity contribution in [2.24, 2.45) is 5.16 Å². The smallest absolute Gasteiger partial charge is 0.326 e. The Kier molecular flexibility index (Phi) is 5.53. The molecule has 2 unspecified atom stereocenters. The van der Waals surface area contributed by atoms with Crippen molar-refractivity contribution >= 4 is 29.2 Å². The predicted octanol–water partition coefficient (Wildman–Crippen LogP) is 2.65. The maximum Gasteiger partial charge on any atom is 0.326 e. The van der Waals surface area contributed by atoms with Crippen LogP contribution < -0.4 is 5.32 Å². The molecule has 2 N–H and O–H groups in total. The van der Waals surface area contributed by atoms with Crippen LogP contribution >= 0.6 is 11.6 Å². The van der Waals surface area contributed by atoms with Gasteiger partial charge >= 0.3 is 5.97 Å². The normalized spacial score (nSPS) is 17.1. The van der Waals surface area contributed by atoms with Gasteiger partial charge in [0.25, 0.3) is 5.91 Å². The van der Waals surface area contributed by atoms with Gasteiger partial charge < -0.3 is 15.3 Å². The lowest BCUT2D eigenvalue weighted by Gasteiger charge is -2.16. The van der Waals surface area contributed by atoms with Gasteiger partial charge in [0.2, 0.25) is 6.10 Å². The van der Waals surface area contributed by atoms with Gasteiger partial charge in [-0.1, -0.05) is 59.2 Å². The van der Waals surface area contributed by atoms with E-state index in [0.717, 1.165) is 11.1 Å². The summed E-state index contributed by atoms with van der Waals surface area (Å²) in [5.74, 6) is -1.60. The van der Waals surface area contributed by atoms with Gasteiger partial charge in [0.1, 0.15) is 6.04 Å². The molecular formula is C19H17ClN2O4. The monoisotopic (exact) mass is 372 g/mol. The molecule has 1 amide bonds. The first-order valence-corrected chi connectivity index (χ1v) is 8.46. The first-order valence-electron chi connectivity index (χ1n) is 8.08. The van der Waals surface area contributed by atoms with Crippen molar-refractivity contribution in [2.45, 2.75) is 25.0 Å². The van der Waals surface area contributed by atoms with Crippen LogP contribution in [0.4, 0.5) is 0 Å². The summed E-state index contributed by atoms with van der Waals surface area (Å²) in [6.45, 7) is 0. The maximum atomic E-state index is 12.4. The molecule has 2 atom stereocenters. The number of benzene rings is 2. The fraction of sp³-hybridized carbons (Fsp3) is 0.211. The molecule has 2 aromatic rings. The van der Waals surface area contributed by atoms with Crippen LogP contribution in [0.2, 0.25) is 5.02 Å². The second-order valence-electron chi connectivity index (χ2n) is 5.93. The molecule has 0 spiro atoms. The quantitative estimate of drug-likeness (QED) is 0.816. The molecular weight excluding hydrogens is 356 g/mol. The van der Waals surface area contributed by atoms with Crippen molar-refractivity contribution in [3.05, 3.63) is 70.7 Å². The molecule has 0 aromatic heterocycles. The van der Waals surface area contributed by atoms with Crippen LogP contribution in [0.1, 0.15) is 17.5 Å². The zero-order chi connectivity index (χ0) is 18.5. The van der Waals surface area contributed by atoms with Gasteiger partial charge in [-0.25, -0.2) is 4.79 Å². The topological polar surface area (TPSA) is 88.0 Å². The maximum absolute atomic E-state index is 12.4. The first kappa shape index (κ1) is 17.9. The minimum Gasteiger partial charge on any atom is -0.480 e. The average Bonchev–Trinajstić information content (AvgIpc) is 3.13. The minimum absolute atomic E-state index is 0.194. The lowest BCUT2D eigenvalue weighted by atomic mass is 10.0. The Morgan fingerprint density at radius 2 is 1.88 bits per heavy atom. The van der Waals surface area contributed by atoms with Crippen molar-refractivity contribution in [1.29, 1.82) is 0 Å². The predicted molar refractivity (Wildman–Crippen MR) is 97.2 cm³/mol. The van der Waals surface area contributed by atoms with Gasteiger partial charge in [0, 0.05) is 17.9 Å². The van der Waals surface area contributed by atoms with Crippen LogP contribution in [0.5, 0.6) is 0 Å². The summed E-state index contributed by atoms with van der Waals surface area (Å²) in [4.78, 5) is 29.1. The first-order chi connectivity index (χ1) is 12.5. The molecule has 0 aliphatic carbocycles. The van der Waals surface area contributed by atoms with E-state index in [9.17, 15) is 14.7 Å². The van der Waals surface area contributed by atoms with Gasteiger partial charge in [0.05, 0.1) is 5.71 Å². The summed E-state index contributed by atoms with van der Waals surface area (Å²) in [5.41, 5.74) is 2.26. The largest absolute Gasteiger partial charge is 0.480 e. The van der Waals surface area contributed by atoms with E-state index >= 15 is 0 Å². The highest BCUT2D eigenvalue weighted by molar-refractivity contribution is 6.30. The van der Waals surface area contributed by atoms with Crippen LogP contribution in [0.25, 0.3) is 0 Å². The van der Waals surface area contributed by atoms with Gasteiger partial charge in [-0.3, -0.25) is 4.79 Å². The van der Waals surface area contributed by atoms with Crippen LogP contribution in [-0.2, 0) is 20.8 Å². The molecule has 0 saturated heterocycles. The number of hydrogen-bond acceptors (Lipinski definition) is 4. The number of oxime groups is 1. The Bertz CT molecular complexity index is 821. The Balaban J connectivity index is 1.60. The lowest BCUT2D eigenvalue weighted by Crippen LogP contribution is -2.46. The zero-order valence-corrected chi connectivity index (χ0v) is 14.5. The molecule has 1 aliphatic rings. The Morgan fingerprint density at radius 3 is 2.54 bits per heavy atom. The van der Waals surface area contributed by atoms with E-state index in [1.165, 1.54) is 0 Å². The van der Waals surface area contributed by atoms with Crippen molar-refractivity contribution < 1.29 is 19.5 Å². The van der Waals surface area contributed by atoms with Crippen LogP contribution in [0.15, 0.2) is 59.8 Å². The molecule has 26 heavy (non-hydrogen) atoms. The van der Waals surface area contributed by atoms with E-state index in [1.54, 1.807) is 24.3 Å². The number of nitrogens with zero attached hydrogens (tertiary/aromatic N) is 1. The number of aliphatic carboxylic acids is 1. The number of carboxylic acid groups (broad SMARTS) is 1. The second-order valence-corrected chi connectivity index (χ2v) is 6.37. The molecule has 0 radical (unpaired) electrons. The molecule has 6 nitrogen and oxygen atoms in total. The minimum atomic E-state index is -1.10. The molecule has 7 heteroatoms. The summed E-state index contributed by atoms with van der Waals surface area (Å²) in [6, 6.07) is 15.1. The summed E-state index contributed by atoms with van der Waals surface area (Å²) < 4.78 is 0. The molecule has 3 rings (SSSR count). The van der Waals surface area contributed by atoms with E-state index in [-0.39, 0.29) is 12.8 Å². The Labute approximate surface area is 155 Å². The number of carboxylic acids is 1. The van der Waals surface area contributed by atoms with Crippen molar-refractivity contribution in [3.63, 3.8) is 0 Å². The number of rotatable bonds is 6. The third kappa shape index (κ3) is 4.40. The SMILES string of the molecule is O=C(O)C(Cc1ccccc1)NC(=O)C1CC(c2ccc(Cl)cc2)=NO1. The highest BCUT2D eigenvalue weighted by Crippen LogP contribution is 2.19. The standard InChI is InChI=1S/C19H17ClN2O4/c20-14-8-6-13(7-9-14)15-11-17(26-22-15)18(23)21-16(19(24)25)10-12-4-2-1-3-5-12/h1-9,16-17H,10-11H2,(H,21,23)(H,24,25). The van der Waals surface area contributed by atoms with E-state index in [2.05, 4.69) is 10.5 Å². The van der Waals surface area contributed by atoms with Gasteiger partial charge in [0.15, 0.2) is 0 Å². The van der Waals surface area contributed by atoms with Crippen molar-refractivity contribution in [1.82, 2.24) is 5.32 Å². The van der Waals surface area contributed by atoms with Crippen LogP contribution in [0, 0.1) is 0 Å². The number of carbonyl (C=O) groups is 2. The third-order valence-corrected chi connectivity index (χ3v) is 4.29. The highest BCUT2D eigenvalue weighted by atomic mass is 35.5. The molecule has 0 fully saturated rings. The van der Waals surface area contributed by atoms with Gasteiger partial charge in [-0.2, -0.15) is 0 Å². The molecule has 2 aromatic carbocycles. The fourth-order valence-corrected chi connectivity index (χ4v) is 2.77.